The van der Waals surface area contributed by atoms with Crippen LogP contribution >= 0.6 is 0 Å². The minimum Gasteiger partial charge on any atom is -0.460 e. The van der Waals surface area contributed by atoms with Gasteiger partial charge in [0.25, 0.3) is 0 Å². The van der Waals surface area contributed by atoms with Crippen molar-refractivity contribution < 1.29 is 14.3 Å². The number of hydrogen-bond donors (Lipinski definition) is 4. The van der Waals surface area contributed by atoms with E-state index < -0.39 is 18.0 Å². The molecule has 0 aliphatic carbocycles. The number of carbonyl (C=O) groups is 2. The monoisotopic (exact) mass is 280 g/mol. The van der Waals surface area contributed by atoms with Crippen LogP contribution in [0.5, 0.6) is 0 Å². The highest BCUT2D eigenvalue weighted by atomic mass is 16.5. The molecule has 1 atom stereocenters. The highest BCUT2D eigenvalue weighted by molar-refractivity contribution is 5.75. The number of primary amides is 1. The lowest BCUT2D eigenvalue weighted by molar-refractivity contribution is -0.146. The summed E-state index contributed by atoms with van der Waals surface area (Å²) < 4.78 is 5.09. The van der Waals surface area contributed by atoms with Crippen molar-refractivity contribution in [2.75, 3.05) is 12.3 Å². The molecule has 0 saturated heterocycles. The predicted molar refractivity (Wildman–Crippen MR) is 75.4 cm³/mol. The summed E-state index contributed by atoms with van der Waals surface area (Å²) in [6, 6.07) is 5.73. The molecule has 1 aromatic carbocycles. The van der Waals surface area contributed by atoms with Gasteiger partial charge in [0.05, 0.1) is 0 Å². The molecule has 1 rings (SSSR count). The van der Waals surface area contributed by atoms with Crippen LogP contribution in [-0.2, 0) is 16.1 Å². The third-order valence-corrected chi connectivity index (χ3v) is 2.65. The molecule has 0 aliphatic heterocycles. The van der Waals surface area contributed by atoms with Crippen molar-refractivity contribution in [3.63, 3.8) is 0 Å². The summed E-state index contributed by atoms with van der Waals surface area (Å²) in [7, 11) is 0. The van der Waals surface area contributed by atoms with E-state index >= 15 is 0 Å². The SMILES string of the molecule is NC(=O)NCCCC(N)C(=O)OCc1ccc(N)cc1. The summed E-state index contributed by atoms with van der Waals surface area (Å²) in [5.74, 6) is -0.471. The van der Waals surface area contributed by atoms with Crippen molar-refractivity contribution in [3.05, 3.63) is 29.8 Å². The van der Waals surface area contributed by atoms with Crippen LogP contribution in [0.3, 0.4) is 0 Å². The van der Waals surface area contributed by atoms with Gasteiger partial charge in [0.1, 0.15) is 12.6 Å². The summed E-state index contributed by atoms with van der Waals surface area (Å²) in [6.07, 6.45) is 0.974. The van der Waals surface area contributed by atoms with Crippen molar-refractivity contribution >= 4 is 17.7 Å². The Kier molecular flexibility index (Phi) is 6.31. The number of anilines is 1. The zero-order valence-electron chi connectivity index (χ0n) is 11.2. The van der Waals surface area contributed by atoms with Crippen LogP contribution in [0.2, 0.25) is 0 Å². The molecule has 20 heavy (non-hydrogen) atoms. The van der Waals surface area contributed by atoms with Crippen molar-refractivity contribution in [2.45, 2.75) is 25.5 Å². The number of esters is 1. The molecule has 0 aliphatic rings. The van der Waals surface area contributed by atoms with Gasteiger partial charge in [0.2, 0.25) is 0 Å². The summed E-state index contributed by atoms with van der Waals surface area (Å²) in [6.45, 7) is 0.542. The van der Waals surface area contributed by atoms with Gasteiger partial charge < -0.3 is 27.3 Å². The lowest BCUT2D eigenvalue weighted by Gasteiger charge is -2.11. The van der Waals surface area contributed by atoms with E-state index in [0.29, 0.717) is 25.1 Å². The Labute approximate surface area is 117 Å². The number of ether oxygens (including phenoxy) is 1. The van der Waals surface area contributed by atoms with Crippen LogP contribution in [0.4, 0.5) is 10.5 Å². The van der Waals surface area contributed by atoms with Gasteiger partial charge in [-0.15, -0.1) is 0 Å². The maximum atomic E-state index is 11.6. The molecular formula is C13H20N4O3. The molecule has 1 aromatic rings. The van der Waals surface area contributed by atoms with E-state index in [1.807, 2.05) is 0 Å². The first-order valence-corrected chi connectivity index (χ1v) is 6.29. The van der Waals surface area contributed by atoms with Gasteiger partial charge in [0.15, 0.2) is 0 Å². The first-order valence-electron chi connectivity index (χ1n) is 6.29. The molecule has 0 spiro atoms. The van der Waals surface area contributed by atoms with Gasteiger partial charge in [-0.3, -0.25) is 4.79 Å². The lowest BCUT2D eigenvalue weighted by Crippen LogP contribution is -2.34. The number of urea groups is 1. The largest absolute Gasteiger partial charge is 0.460 e. The van der Waals surface area contributed by atoms with Crippen LogP contribution in [0.1, 0.15) is 18.4 Å². The molecule has 0 heterocycles. The average molecular weight is 280 g/mol. The summed E-state index contributed by atoms with van der Waals surface area (Å²) >= 11 is 0. The fourth-order valence-electron chi connectivity index (χ4n) is 1.53. The van der Waals surface area contributed by atoms with Crippen LogP contribution in [-0.4, -0.2) is 24.6 Å². The molecule has 2 amide bonds. The third kappa shape index (κ3) is 6.05. The second-order valence-electron chi connectivity index (χ2n) is 4.39. The van der Waals surface area contributed by atoms with Gasteiger partial charge in [-0.25, -0.2) is 4.79 Å². The molecule has 1 unspecified atom stereocenters. The van der Waals surface area contributed by atoms with Gasteiger partial charge in [-0.05, 0) is 30.5 Å². The van der Waals surface area contributed by atoms with E-state index in [0.717, 1.165) is 5.56 Å². The average Bonchev–Trinajstić information content (AvgIpc) is 2.42. The van der Waals surface area contributed by atoms with Gasteiger partial charge in [0, 0.05) is 12.2 Å². The quantitative estimate of drug-likeness (QED) is 0.319. The van der Waals surface area contributed by atoms with E-state index in [1.54, 1.807) is 24.3 Å². The standard InChI is InChI=1S/C13H20N4O3/c14-10-5-3-9(4-6-10)8-20-12(18)11(15)2-1-7-17-13(16)19/h3-6,11H,1-2,7-8,14-15H2,(H3,16,17,19). The summed E-state index contributed by atoms with van der Waals surface area (Å²) in [4.78, 5) is 22.1. The van der Waals surface area contributed by atoms with E-state index in [4.69, 9.17) is 21.9 Å². The first-order chi connectivity index (χ1) is 9.49. The Hall–Kier alpha value is -2.28. The van der Waals surface area contributed by atoms with Crippen LogP contribution in [0.15, 0.2) is 24.3 Å². The number of benzene rings is 1. The maximum absolute atomic E-state index is 11.6. The Morgan fingerprint density at radius 1 is 1.25 bits per heavy atom. The van der Waals surface area contributed by atoms with Gasteiger partial charge in [-0.1, -0.05) is 12.1 Å². The maximum Gasteiger partial charge on any atom is 0.323 e. The van der Waals surface area contributed by atoms with Crippen LogP contribution in [0.25, 0.3) is 0 Å². The molecule has 0 saturated carbocycles. The Bertz CT molecular complexity index is 447. The van der Waals surface area contributed by atoms with Crippen molar-refractivity contribution in [3.8, 4) is 0 Å². The number of nitrogens with two attached hydrogens (primary N) is 3. The van der Waals surface area contributed by atoms with Gasteiger partial charge in [-0.2, -0.15) is 0 Å². The molecule has 7 nitrogen and oxygen atoms in total. The molecule has 7 N–H and O–H groups in total. The number of rotatable bonds is 7. The Morgan fingerprint density at radius 2 is 1.90 bits per heavy atom. The number of hydrogen-bond acceptors (Lipinski definition) is 5. The van der Waals surface area contributed by atoms with Gasteiger partial charge >= 0.3 is 12.0 Å². The van der Waals surface area contributed by atoms with E-state index in [1.165, 1.54) is 0 Å². The molecular weight excluding hydrogens is 260 g/mol. The van der Waals surface area contributed by atoms with E-state index in [-0.39, 0.29) is 6.61 Å². The smallest absolute Gasteiger partial charge is 0.323 e. The van der Waals surface area contributed by atoms with Crippen LogP contribution in [0, 0.1) is 0 Å². The molecule has 0 fully saturated rings. The Morgan fingerprint density at radius 3 is 2.50 bits per heavy atom. The lowest BCUT2D eigenvalue weighted by atomic mass is 10.1. The topological polar surface area (TPSA) is 133 Å². The molecule has 0 bridgehead atoms. The number of amides is 2. The zero-order valence-corrected chi connectivity index (χ0v) is 11.2. The fraction of sp³-hybridized carbons (Fsp3) is 0.385. The third-order valence-electron chi connectivity index (χ3n) is 2.65. The minimum atomic E-state index is -0.710. The normalized spacial score (nSPS) is 11.7. The second-order valence-corrected chi connectivity index (χ2v) is 4.39. The zero-order chi connectivity index (χ0) is 15.0. The highest BCUT2D eigenvalue weighted by Crippen LogP contribution is 2.07. The van der Waals surface area contributed by atoms with Crippen molar-refractivity contribution in [2.24, 2.45) is 11.5 Å². The second kappa shape index (κ2) is 8.00. The summed E-state index contributed by atoms with van der Waals surface area (Å²) in [5, 5.41) is 2.42. The first kappa shape index (κ1) is 15.8. The molecule has 7 heteroatoms. The Balaban J connectivity index is 2.24. The van der Waals surface area contributed by atoms with Crippen LogP contribution < -0.4 is 22.5 Å². The number of carbonyl (C=O) groups excluding carboxylic acids is 2. The minimum absolute atomic E-state index is 0.159. The number of nitrogens with one attached hydrogen (secondary N) is 1. The molecule has 0 radical (unpaired) electrons. The molecule has 110 valence electrons. The summed E-state index contributed by atoms with van der Waals surface area (Å²) in [5.41, 5.74) is 17.6. The highest BCUT2D eigenvalue weighted by Gasteiger charge is 2.14. The predicted octanol–water partition coefficient (Wildman–Crippen LogP) is 0.0878. The number of nitrogen functional groups attached to an aromatic ring is 1. The van der Waals surface area contributed by atoms with E-state index in [2.05, 4.69) is 5.32 Å². The van der Waals surface area contributed by atoms with Crippen molar-refractivity contribution in [1.82, 2.24) is 5.32 Å². The van der Waals surface area contributed by atoms with Crippen molar-refractivity contribution in [1.29, 1.82) is 0 Å². The van der Waals surface area contributed by atoms with E-state index in [9.17, 15) is 9.59 Å². The molecule has 0 aromatic heterocycles. The fourth-order valence-corrected chi connectivity index (χ4v) is 1.53.